The number of amides is 1. The van der Waals surface area contributed by atoms with E-state index < -0.39 is 10.0 Å². The van der Waals surface area contributed by atoms with Crippen molar-refractivity contribution in [2.75, 3.05) is 64.6 Å². The highest BCUT2D eigenvalue weighted by molar-refractivity contribution is 7.92. The van der Waals surface area contributed by atoms with Crippen LogP contribution in [0.5, 0.6) is 5.75 Å². The second kappa shape index (κ2) is 11.7. The van der Waals surface area contributed by atoms with E-state index in [1.165, 1.54) is 0 Å². The Hall–Kier alpha value is -1.88. The summed E-state index contributed by atoms with van der Waals surface area (Å²) in [5.74, 6) is 0.954. The molecule has 1 saturated heterocycles. The van der Waals surface area contributed by atoms with Crippen molar-refractivity contribution in [3.63, 3.8) is 0 Å². The second-order valence-corrected chi connectivity index (χ2v) is 11.4. The Kier molecular flexibility index (Phi) is 9.20. The number of rotatable bonds is 5. The van der Waals surface area contributed by atoms with Gasteiger partial charge in [-0.2, -0.15) is 0 Å². The molecule has 0 aromatic heterocycles. The van der Waals surface area contributed by atoms with E-state index in [0.29, 0.717) is 36.1 Å². The molecule has 3 atom stereocenters. The average molecular weight is 498 g/mol. The van der Waals surface area contributed by atoms with Crippen LogP contribution in [0.1, 0.15) is 37.0 Å². The molecule has 1 fully saturated rings. The van der Waals surface area contributed by atoms with Crippen molar-refractivity contribution in [2.24, 2.45) is 11.8 Å². The van der Waals surface area contributed by atoms with E-state index in [-0.39, 0.29) is 24.0 Å². The maximum atomic E-state index is 13.3. The zero-order chi connectivity index (χ0) is 24.9. The van der Waals surface area contributed by atoms with E-state index in [4.69, 9.17) is 14.2 Å². The predicted molar refractivity (Wildman–Crippen MR) is 132 cm³/mol. The second-order valence-electron chi connectivity index (χ2n) is 9.69. The largest absolute Gasteiger partial charge is 0.491 e. The molecule has 0 saturated carbocycles. The standard InChI is InChI=1S/C24H39N3O6S/c1-17-13-27(14-19-8-10-32-11-9-19)18(2)16-33-22-12-20(25-34(5,29)30)6-7-21(22)24(28)26(3)15-23(17)31-4/h6-7,12,17-19,23,25H,8-11,13-16H2,1-5H3/t17-,18-,23+/m0/s1. The molecule has 10 heteroatoms. The number of ether oxygens (including phenoxy) is 3. The lowest BCUT2D eigenvalue weighted by Gasteiger charge is -2.38. The van der Waals surface area contributed by atoms with E-state index in [9.17, 15) is 13.2 Å². The molecule has 0 spiro atoms. The summed E-state index contributed by atoms with van der Waals surface area (Å²) in [7, 11) is -0.0127. The Morgan fingerprint density at radius 2 is 1.88 bits per heavy atom. The summed E-state index contributed by atoms with van der Waals surface area (Å²) in [5, 5.41) is 0. The van der Waals surface area contributed by atoms with Gasteiger partial charge in [-0.1, -0.05) is 6.92 Å². The fraction of sp³-hybridized carbons (Fsp3) is 0.708. The van der Waals surface area contributed by atoms with Crippen LogP contribution in [0.3, 0.4) is 0 Å². The van der Waals surface area contributed by atoms with Gasteiger partial charge in [0.15, 0.2) is 0 Å². The fourth-order valence-corrected chi connectivity index (χ4v) is 5.19. The maximum absolute atomic E-state index is 13.3. The van der Waals surface area contributed by atoms with Crippen LogP contribution in [0.25, 0.3) is 0 Å². The van der Waals surface area contributed by atoms with Crippen molar-refractivity contribution in [3.8, 4) is 5.75 Å². The van der Waals surface area contributed by atoms with Crippen LogP contribution >= 0.6 is 0 Å². The SMILES string of the molecule is CO[C@@H]1CN(C)C(=O)c2ccc(NS(C)(=O)=O)cc2OC[C@H](C)N(CC2CCOCC2)C[C@@H]1C. The minimum atomic E-state index is -3.46. The highest BCUT2D eigenvalue weighted by Gasteiger charge is 2.30. The molecule has 2 aliphatic heterocycles. The van der Waals surface area contributed by atoms with E-state index in [1.807, 2.05) is 0 Å². The highest BCUT2D eigenvalue weighted by atomic mass is 32.2. The smallest absolute Gasteiger partial charge is 0.257 e. The molecular weight excluding hydrogens is 458 g/mol. The topological polar surface area (TPSA) is 97.4 Å². The molecule has 0 radical (unpaired) electrons. The molecule has 2 aliphatic rings. The zero-order valence-electron chi connectivity index (χ0n) is 21.0. The third-order valence-corrected chi connectivity index (χ3v) is 7.32. The number of hydrogen-bond acceptors (Lipinski definition) is 7. The van der Waals surface area contributed by atoms with Gasteiger partial charge in [-0.25, -0.2) is 8.42 Å². The number of nitrogens with one attached hydrogen (secondary N) is 1. The first kappa shape index (κ1) is 26.7. The highest BCUT2D eigenvalue weighted by Crippen LogP contribution is 2.28. The lowest BCUT2D eigenvalue weighted by Crippen LogP contribution is -2.48. The van der Waals surface area contributed by atoms with Gasteiger partial charge < -0.3 is 19.1 Å². The van der Waals surface area contributed by atoms with E-state index in [2.05, 4.69) is 23.5 Å². The number of carbonyl (C=O) groups excluding carboxylic acids is 1. The number of carbonyl (C=O) groups is 1. The third kappa shape index (κ3) is 7.31. The predicted octanol–water partition coefficient (Wildman–Crippen LogP) is 2.29. The molecule has 0 unspecified atom stereocenters. The molecule has 0 aliphatic carbocycles. The summed E-state index contributed by atoms with van der Waals surface area (Å²) in [6.45, 7) is 8.49. The lowest BCUT2D eigenvalue weighted by molar-refractivity contribution is 0.0000256. The van der Waals surface area contributed by atoms with Crippen LogP contribution in [0, 0.1) is 11.8 Å². The number of methoxy groups -OCH3 is 1. The van der Waals surface area contributed by atoms with Gasteiger partial charge in [0.2, 0.25) is 10.0 Å². The Balaban J connectivity index is 1.91. The first-order chi connectivity index (χ1) is 16.1. The van der Waals surface area contributed by atoms with Gasteiger partial charge in [0.1, 0.15) is 12.4 Å². The Morgan fingerprint density at radius 3 is 2.53 bits per heavy atom. The Labute approximate surface area is 203 Å². The van der Waals surface area contributed by atoms with E-state index >= 15 is 0 Å². The minimum Gasteiger partial charge on any atom is -0.491 e. The maximum Gasteiger partial charge on any atom is 0.257 e. The molecule has 1 aromatic carbocycles. The summed E-state index contributed by atoms with van der Waals surface area (Å²) >= 11 is 0. The normalized spacial score (nSPS) is 26.2. The molecule has 1 N–H and O–H groups in total. The summed E-state index contributed by atoms with van der Waals surface area (Å²) < 4.78 is 43.4. The molecular formula is C24H39N3O6S. The Bertz CT molecular complexity index is 935. The summed E-state index contributed by atoms with van der Waals surface area (Å²) in [6, 6.07) is 4.87. The van der Waals surface area contributed by atoms with Crippen LogP contribution in [0.15, 0.2) is 18.2 Å². The van der Waals surface area contributed by atoms with Gasteiger partial charge in [-0.15, -0.1) is 0 Å². The van der Waals surface area contributed by atoms with Crippen molar-refractivity contribution in [1.82, 2.24) is 9.80 Å². The van der Waals surface area contributed by atoms with Crippen molar-refractivity contribution in [2.45, 2.75) is 38.8 Å². The van der Waals surface area contributed by atoms with Gasteiger partial charge in [0.25, 0.3) is 5.91 Å². The van der Waals surface area contributed by atoms with Gasteiger partial charge in [-0.05, 0) is 43.7 Å². The number of sulfonamides is 1. The van der Waals surface area contributed by atoms with Gasteiger partial charge >= 0.3 is 0 Å². The molecule has 1 amide bonds. The van der Waals surface area contributed by atoms with Crippen LogP contribution in [-0.2, 0) is 19.5 Å². The number of anilines is 1. The number of nitrogens with zero attached hydrogens (tertiary/aromatic N) is 2. The van der Waals surface area contributed by atoms with E-state index in [0.717, 1.165) is 45.4 Å². The molecule has 9 nitrogen and oxygen atoms in total. The number of benzene rings is 1. The molecule has 0 bridgehead atoms. The average Bonchev–Trinajstić information content (AvgIpc) is 2.79. The zero-order valence-corrected chi connectivity index (χ0v) is 21.8. The van der Waals surface area contributed by atoms with Gasteiger partial charge in [0, 0.05) is 59.1 Å². The summed E-state index contributed by atoms with van der Waals surface area (Å²) in [5.41, 5.74) is 0.756. The first-order valence-corrected chi connectivity index (χ1v) is 13.8. The van der Waals surface area contributed by atoms with E-state index in [1.54, 1.807) is 37.3 Å². The first-order valence-electron chi connectivity index (χ1n) is 11.9. The van der Waals surface area contributed by atoms with Crippen molar-refractivity contribution in [1.29, 1.82) is 0 Å². The molecule has 1 aromatic rings. The van der Waals surface area contributed by atoms with Crippen LogP contribution in [0.2, 0.25) is 0 Å². The monoisotopic (exact) mass is 497 g/mol. The fourth-order valence-electron chi connectivity index (χ4n) is 4.64. The van der Waals surface area contributed by atoms with Crippen molar-refractivity contribution >= 4 is 21.6 Å². The van der Waals surface area contributed by atoms with Crippen LogP contribution < -0.4 is 9.46 Å². The van der Waals surface area contributed by atoms with Gasteiger partial charge in [-0.3, -0.25) is 14.4 Å². The van der Waals surface area contributed by atoms with Crippen LogP contribution in [-0.4, -0.2) is 96.1 Å². The number of likely N-dealkylation sites (N-methyl/N-ethyl adjacent to an activating group) is 1. The van der Waals surface area contributed by atoms with Gasteiger partial charge in [0.05, 0.1) is 23.6 Å². The minimum absolute atomic E-state index is 0.0921. The number of hydrogen-bond donors (Lipinski definition) is 1. The molecule has 3 rings (SSSR count). The van der Waals surface area contributed by atoms with Crippen molar-refractivity contribution in [3.05, 3.63) is 23.8 Å². The molecule has 34 heavy (non-hydrogen) atoms. The summed E-state index contributed by atoms with van der Waals surface area (Å²) in [4.78, 5) is 17.4. The molecule has 2 heterocycles. The van der Waals surface area contributed by atoms with Crippen molar-refractivity contribution < 1.29 is 27.4 Å². The number of fused-ring (bicyclic) bond motifs is 1. The molecule has 192 valence electrons. The quantitative estimate of drug-likeness (QED) is 0.667. The Morgan fingerprint density at radius 1 is 1.18 bits per heavy atom. The summed E-state index contributed by atoms with van der Waals surface area (Å²) in [6.07, 6.45) is 3.07. The third-order valence-electron chi connectivity index (χ3n) is 6.71. The van der Waals surface area contributed by atoms with Crippen LogP contribution in [0.4, 0.5) is 5.69 Å². The lowest BCUT2D eigenvalue weighted by atomic mass is 9.96.